The van der Waals surface area contributed by atoms with Gasteiger partial charge in [-0.05, 0) is 6.92 Å². The van der Waals surface area contributed by atoms with Gasteiger partial charge in [-0.25, -0.2) is 4.79 Å². The first-order chi connectivity index (χ1) is 8.52. The molecule has 0 aromatic carbocycles. The van der Waals surface area contributed by atoms with Crippen LogP contribution in [0.1, 0.15) is 27.7 Å². The van der Waals surface area contributed by atoms with E-state index in [-0.39, 0.29) is 22.8 Å². The van der Waals surface area contributed by atoms with Gasteiger partial charge < -0.3 is 4.74 Å². The minimum absolute atomic E-state index is 0. The maximum Gasteiger partial charge on any atom is 0 e. The summed E-state index contributed by atoms with van der Waals surface area (Å²) in [6.45, 7) is 26.1. The number of hydrogen-bond donors (Lipinski definition) is 0. The van der Waals surface area contributed by atoms with Crippen molar-refractivity contribution in [1.29, 1.82) is 0 Å². The normalized spacial score (nSPS) is 5.89. The van der Waals surface area contributed by atoms with Crippen molar-refractivity contribution in [3.8, 4) is 0 Å². The van der Waals surface area contributed by atoms with Crippen molar-refractivity contribution < 1.29 is 45.5 Å². The quantitative estimate of drug-likeness (QED) is 0.335. The fraction of sp³-hybridized carbons (Fsp3) is 0.500. The number of hydrogen-bond acceptors (Lipinski definition) is 2. The van der Waals surface area contributed by atoms with Gasteiger partial charge >= 0.3 is 45.2 Å². The maximum absolute atomic E-state index is 10.3. The third kappa shape index (κ3) is 38.3. The first-order valence-corrected chi connectivity index (χ1v) is 4.22. The second-order valence-electron chi connectivity index (χ2n) is 3.11. The van der Waals surface area contributed by atoms with Crippen LogP contribution in [0.5, 0.6) is 0 Å². The Labute approximate surface area is 124 Å². The van der Waals surface area contributed by atoms with E-state index < -0.39 is 0 Å². The molecule has 0 aliphatic carbocycles. The van der Waals surface area contributed by atoms with Crippen molar-refractivity contribution in [3.05, 3.63) is 32.4 Å². The minimum atomic E-state index is -0.211. The van der Waals surface area contributed by atoms with Crippen LogP contribution in [0.15, 0.2) is 5.76 Å². The zero-order valence-corrected chi connectivity index (χ0v) is 12.3. The number of rotatable bonds is 2. The molecule has 0 spiro atoms. The summed E-state index contributed by atoms with van der Waals surface area (Å²) in [6.07, 6.45) is 0. The van der Waals surface area contributed by atoms with Gasteiger partial charge in [-0.2, -0.15) is 0 Å². The van der Waals surface area contributed by atoms with E-state index in [2.05, 4.69) is 26.6 Å². The van der Waals surface area contributed by atoms with Gasteiger partial charge in [0.15, 0.2) is 11.7 Å². The Balaban J connectivity index is -0.0000000401. The molecule has 0 aromatic heterocycles. The summed E-state index contributed by atoms with van der Waals surface area (Å²) in [5.41, 5.74) is -0.211. The third-order valence-corrected chi connectivity index (χ3v) is 1.06. The summed E-state index contributed by atoms with van der Waals surface area (Å²) in [5, 5.41) is 0. The Morgan fingerprint density at radius 2 is 1.26 bits per heavy atom. The Morgan fingerprint density at radius 1 is 1.00 bits per heavy atom. The maximum atomic E-state index is 10.3. The largest absolute Gasteiger partial charge is 0 e. The summed E-state index contributed by atoms with van der Waals surface area (Å²) >= 11 is 0. The smallest absolute Gasteiger partial charge is 0 e. The molecule has 0 rings (SSSR count). The van der Waals surface area contributed by atoms with Gasteiger partial charge in [0, 0.05) is 22.8 Å². The molecule has 0 aliphatic heterocycles. The Kier molecular flexibility index (Phi) is 68.3. The van der Waals surface area contributed by atoms with E-state index in [0.29, 0.717) is 12.4 Å². The van der Waals surface area contributed by atoms with Crippen molar-refractivity contribution in [2.24, 2.45) is 5.41 Å². The molecule has 7 heteroatoms. The molecular weight excluding hydrogens is 292 g/mol. The number of allylic oxidation sites excluding steroid dienone is 1. The molecule has 0 fully saturated rings. The third-order valence-electron chi connectivity index (χ3n) is 1.06. The van der Waals surface area contributed by atoms with Gasteiger partial charge in [0.05, 0.1) is 6.61 Å². The van der Waals surface area contributed by atoms with Crippen molar-refractivity contribution in [3.63, 3.8) is 0 Å². The van der Waals surface area contributed by atoms with Crippen LogP contribution in [0.2, 0.25) is 0 Å². The molecular formula is C12H14CrO6. The SMILES string of the molecule is CCOC(=C=O)C(C)(C)C.[C-]#[O+].[C-]#[O+].[C-]#[O+].[C-]#[O+].[Cr]. The second kappa shape index (κ2) is 36.0. The predicted molar refractivity (Wildman–Crippen MR) is 56.0 cm³/mol. The van der Waals surface area contributed by atoms with E-state index in [0.717, 1.165) is 0 Å². The fourth-order valence-corrected chi connectivity index (χ4v) is 0.543. The van der Waals surface area contributed by atoms with Crippen LogP contribution >= 0.6 is 0 Å². The average molecular weight is 306 g/mol. The van der Waals surface area contributed by atoms with Gasteiger partial charge in [-0.1, -0.05) is 20.8 Å². The number of ether oxygens (including phenoxy) is 1. The molecule has 104 valence electrons. The van der Waals surface area contributed by atoms with Crippen molar-refractivity contribution in [2.75, 3.05) is 6.61 Å². The minimum Gasteiger partial charge on any atom is 0 e. The van der Waals surface area contributed by atoms with E-state index in [1.165, 1.54) is 0 Å². The molecule has 0 aliphatic rings. The molecule has 0 atom stereocenters. The molecule has 19 heavy (non-hydrogen) atoms. The predicted octanol–water partition coefficient (Wildman–Crippen LogP) is 1.63. The van der Waals surface area contributed by atoms with Crippen LogP contribution in [0.4, 0.5) is 0 Å². The molecule has 0 bridgehead atoms. The first-order valence-electron chi connectivity index (χ1n) is 4.22. The average Bonchev–Trinajstić information content (AvgIpc) is 2.43. The van der Waals surface area contributed by atoms with E-state index in [1.807, 2.05) is 27.7 Å². The first kappa shape index (κ1) is 36.1. The van der Waals surface area contributed by atoms with E-state index in [4.69, 9.17) is 23.3 Å². The Hall–Kier alpha value is -1.26. The van der Waals surface area contributed by atoms with Crippen molar-refractivity contribution in [2.45, 2.75) is 27.7 Å². The molecule has 0 heterocycles. The molecule has 0 amide bonds. The van der Waals surface area contributed by atoms with Gasteiger partial charge in [0.25, 0.3) is 0 Å². The molecule has 0 saturated heterocycles. The second-order valence-corrected chi connectivity index (χ2v) is 3.11. The molecule has 0 unspecified atom stereocenters. The van der Waals surface area contributed by atoms with E-state index in [9.17, 15) is 4.79 Å². The summed E-state index contributed by atoms with van der Waals surface area (Å²) in [7, 11) is 0. The van der Waals surface area contributed by atoms with Gasteiger partial charge in [-0.15, -0.1) is 0 Å². The molecule has 0 saturated carbocycles. The van der Waals surface area contributed by atoms with Crippen LogP contribution in [0.25, 0.3) is 0 Å². The zero-order chi connectivity index (χ0) is 16.2. The molecule has 0 N–H and O–H groups in total. The van der Waals surface area contributed by atoms with Crippen molar-refractivity contribution in [1.82, 2.24) is 0 Å². The van der Waals surface area contributed by atoms with Crippen LogP contribution in [0, 0.1) is 32.0 Å². The topological polar surface area (TPSA) is 106 Å². The fourth-order valence-electron chi connectivity index (χ4n) is 0.543. The number of carbonyl (C=O) groups excluding carboxylic acids is 1. The summed E-state index contributed by atoms with van der Waals surface area (Å²) < 4.78 is 35.0. The summed E-state index contributed by atoms with van der Waals surface area (Å²) in [6, 6.07) is 0. The van der Waals surface area contributed by atoms with Gasteiger partial charge in [0.2, 0.25) is 0 Å². The van der Waals surface area contributed by atoms with E-state index in [1.54, 1.807) is 5.94 Å². The molecule has 0 radical (unpaired) electrons. The van der Waals surface area contributed by atoms with Crippen LogP contribution < -0.4 is 0 Å². The van der Waals surface area contributed by atoms with Crippen LogP contribution in [0.3, 0.4) is 0 Å². The van der Waals surface area contributed by atoms with Crippen LogP contribution in [-0.2, 0) is 45.5 Å². The van der Waals surface area contributed by atoms with E-state index >= 15 is 0 Å². The Morgan fingerprint density at radius 3 is 1.32 bits per heavy atom. The monoisotopic (exact) mass is 306 g/mol. The molecule has 6 nitrogen and oxygen atoms in total. The van der Waals surface area contributed by atoms with Gasteiger partial charge in [-0.3, -0.25) is 0 Å². The van der Waals surface area contributed by atoms with Crippen LogP contribution in [-0.4, -0.2) is 12.5 Å². The van der Waals surface area contributed by atoms with Gasteiger partial charge in [0.1, 0.15) is 0 Å². The standard InChI is InChI=1S/C8H14O2.4CO.Cr/c1-5-10-7(6-9)8(2,3)4;4*1-2;/h5H2,1-4H3;;;;;. The molecule has 0 aromatic rings. The van der Waals surface area contributed by atoms with Crippen molar-refractivity contribution >= 4 is 5.94 Å². The zero-order valence-electron chi connectivity index (χ0n) is 11.1. The summed E-state index contributed by atoms with van der Waals surface area (Å²) in [4.78, 5) is 10.3. The summed E-state index contributed by atoms with van der Waals surface area (Å²) in [5.74, 6) is 2.19. The Bertz CT molecular complexity index is 265.